The summed E-state index contributed by atoms with van der Waals surface area (Å²) in [6, 6.07) is 5.27. The number of halogens is 1. The van der Waals surface area contributed by atoms with Crippen LogP contribution >= 0.6 is 12.4 Å². The van der Waals surface area contributed by atoms with Crippen molar-refractivity contribution in [3.05, 3.63) is 23.8 Å². The van der Waals surface area contributed by atoms with Crippen LogP contribution in [-0.2, 0) is 11.2 Å². The number of aryl methyl sites for hydroxylation is 1. The van der Waals surface area contributed by atoms with Crippen LogP contribution in [0, 0.1) is 0 Å². The molecule has 17 heavy (non-hydrogen) atoms. The monoisotopic (exact) mass is 256 g/mol. The van der Waals surface area contributed by atoms with Gasteiger partial charge >= 0.3 is 0 Å². The van der Waals surface area contributed by atoms with Crippen LogP contribution in [-0.4, -0.2) is 18.6 Å². The van der Waals surface area contributed by atoms with Crippen molar-refractivity contribution in [1.29, 1.82) is 0 Å². The van der Waals surface area contributed by atoms with E-state index in [2.05, 4.69) is 5.32 Å². The molecule has 0 fully saturated rings. The quantitative estimate of drug-likeness (QED) is 0.847. The van der Waals surface area contributed by atoms with Crippen LogP contribution < -0.4 is 15.8 Å². The number of rotatable bonds is 2. The van der Waals surface area contributed by atoms with Crippen LogP contribution in [0.4, 0.5) is 5.69 Å². The van der Waals surface area contributed by atoms with Crippen molar-refractivity contribution in [2.24, 2.45) is 5.73 Å². The molecule has 2 rings (SSSR count). The lowest BCUT2D eigenvalue weighted by molar-refractivity contribution is -0.117. The summed E-state index contributed by atoms with van der Waals surface area (Å²) in [5.41, 5.74) is 7.38. The van der Waals surface area contributed by atoms with Gasteiger partial charge in [-0.1, -0.05) is 12.1 Å². The Morgan fingerprint density at radius 2 is 2.29 bits per heavy atom. The minimum atomic E-state index is -0.514. The first-order chi connectivity index (χ1) is 7.68. The van der Waals surface area contributed by atoms with Crippen molar-refractivity contribution in [1.82, 2.24) is 0 Å². The molecule has 1 aromatic rings. The number of amides is 1. The first kappa shape index (κ1) is 13.8. The van der Waals surface area contributed by atoms with Crippen molar-refractivity contribution >= 4 is 24.0 Å². The lowest BCUT2D eigenvalue weighted by atomic mass is 10.1. The van der Waals surface area contributed by atoms with Crippen LogP contribution in [0.2, 0.25) is 0 Å². The number of carbonyl (C=O) groups is 1. The highest BCUT2D eigenvalue weighted by Crippen LogP contribution is 2.32. The van der Waals surface area contributed by atoms with E-state index in [-0.39, 0.29) is 18.3 Å². The first-order valence-corrected chi connectivity index (χ1v) is 5.49. The molecule has 3 N–H and O–H groups in total. The normalized spacial score (nSPS) is 14.9. The minimum absolute atomic E-state index is 0. The third-order valence-electron chi connectivity index (χ3n) is 2.60. The number of carbonyl (C=O) groups excluding carboxylic acids is 1. The van der Waals surface area contributed by atoms with E-state index in [1.54, 1.807) is 6.92 Å². The summed E-state index contributed by atoms with van der Waals surface area (Å²) < 4.78 is 5.58. The molecule has 5 heteroatoms. The lowest BCUT2D eigenvalue weighted by Crippen LogP contribution is -2.32. The van der Waals surface area contributed by atoms with Gasteiger partial charge in [-0.25, -0.2) is 0 Å². The Bertz CT molecular complexity index is 407. The summed E-state index contributed by atoms with van der Waals surface area (Å²) in [5, 5.41) is 2.78. The molecule has 0 unspecified atom stereocenters. The van der Waals surface area contributed by atoms with E-state index >= 15 is 0 Å². The van der Waals surface area contributed by atoms with Gasteiger partial charge in [0.2, 0.25) is 5.91 Å². The average Bonchev–Trinajstić information content (AvgIpc) is 2.29. The number of nitrogens with one attached hydrogen (secondary N) is 1. The maximum absolute atomic E-state index is 11.5. The van der Waals surface area contributed by atoms with Gasteiger partial charge in [0.25, 0.3) is 0 Å². The third kappa shape index (κ3) is 3.11. The number of hydrogen-bond donors (Lipinski definition) is 2. The molecule has 0 spiro atoms. The van der Waals surface area contributed by atoms with E-state index in [4.69, 9.17) is 10.5 Å². The number of benzene rings is 1. The molecule has 1 aliphatic rings. The largest absolute Gasteiger partial charge is 0.491 e. The fourth-order valence-corrected chi connectivity index (χ4v) is 1.73. The van der Waals surface area contributed by atoms with Gasteiger partial charge in [-0.3, -0.25) is 4.79 Å². The molecule has 0 saturated carbocycles. The molecule has 4 nitrogen and oxygen atoms in total. The Balaban J connectivity index is 0.00000144. The average molecular weight is 257 g/mol. The predicted molar refractivity (Wildman–Crippen MR) is 69.8 cm³/mol. The van der Waals surface area contributed by atoms with E-state index in [1.807, 2.05) is 18.2 Å². The zero-order valence-corrected chi connectivity index (χ0v) is 10.5. The van der Waals surface area contributed by atoms with Crippen LogP contribution in [0.25, 0.3) is 0 Å². The Morgan fingerprint density at radius 1 is 1.53 bits per heavy atom. The minimum Gasteiger partial charge on any atom is -0.491 e. The summed E-state index contributed by atoms with van der Waals surface area (Å²) in [6.45, 7) is 2.36. The van der Waals surface area contributed by atoms with Crippen molar-refractivity contribution < 1.29 is 9.53 Å². The fourth-order valence-electron chi connectivity index (χ4n) is 1.73. The Kier molecular flexibility index (Phi) is 4.78. The second kappa shape index (κ2) is 5.89. The molecule has 1 aliphatic heterocycles. The SMILES string of the molecule is C[C@@H](N)C(=O)Nc1cccc2c1OCCC2.Cl. The lowest BCUT2D eigenvalue weighted by Gasteiger charge is -2.20. The Morgan fingerprint density at radius 3 is 3.00 bits per heavy atom. The number of ether oxygens (including phenoxy) is 1. The maximum atomic E-state index is 11.5. The van der Waals surface area contributed by atoms with E-state index in [0.29, 0.717) is 6.61 Å². The molecule has 0 bridgehead atoms. The molecule has 1 atom stereocenters. The Hall–Kier alpha value is -1.26. The summed E-state index contributed by atoms with van der Waals surface area (Å²) in [4.78, 5) is 11.5. The van der Waals surface area contributed by atoms with Crippen molar-refractivity contribution in [3.8, 4) is 5.75 Å². The van der Waals surface area contributed by atoms with Crippen LogP contribution in [0.1, 0.15) is 18.9 Å². The summed E-state index contributed by atoms with van der Waals surface area (Å²) in [7, 11) is 0. The number of fused-ring (bicyclic) bond motifs is 1. The summed E-state index contributed by atoms with van der Waals surface area (Å²) in [5.74, 6) is 0.602. The zero-order valence-electron chi connectivity index (χ0n) is 9.73. The van der Waals surface area contributed by atoms with Gasteiger partial charge in [-0.15, -0.1) is 12.4 Å². The summed E-state index contributed by atoms with van der Waals surface area (Å²) >= 11 is 0. The number of para-hydroxylation sites is 1. The Labute approximate surface area is 107 Å². The van der Waals surface area contributed by atoms with E-state index in [1.165, 1.54) is 0 Å². The number of anilines is 1. The highest BCUT2D eigenvalue weighted by Gasteiger charge is 2.16. The molecule has 1 heterocycles. The van der Waals surface area contributed by atoms with Crippen LogP contribution in [0.15, 0.2) is 18.2 Å². The molecule has 0 radical (unpaired) electrons. The van der Waals surface area contributed by atoms with Crippen molar-refractivity contribution in [2.45, 2.75) is 25.8 Å². The van der Waals surface area contributed by atoms with E-state index in [9.17, 15) is 4.79 Å². The van der Waals surface area contributed by atoms with E-state index < -0.39 is 6.04 Å². The van der Waals surface area contributed by atoms with Crippen molar-refractivity contribution in [3.63, 3.8) is 0 Å². The van der Waals surface area contributed by atoms with Gasteiger partial charge in [0.15, 0.2) is 0 Å². The standard InChI is InChI=1S/C12H16N2O2.ClH/c1-8(13)12(15)14-10-6-2-4-9-5-3-7-16-11(9)10;/h2,4,6,8H,3,5,7,13H2,1H3,(H,14,15);1H/t8-;/m1./s1. The molecular weight excluding hydrogens is 240 g/mol. The van der Waals surface area contributed by atoms with Gasteiger partial charge in [-0.05, 0) is 31.4 Å². The molecular formula is C12H17ClN2O2. The predicted octanol–water partition coefficient (Wildman–Crippen LogP) is 1.72. The molecule has 1 amide bonds. The number of hydrogen-bond acceptors (Lipinski definition) is 3. The zero-order chi connectivity index (χ0) is 11.5. The summed E-state index contributed by atoms with van der Waals surface area (Å²) in [6.07, 6.45) is 2.02. The molecule has 94 valence electrons. The van der Waals surface area contributed by atoms with Crippen LogP contribution in [0.3, 0.4) is 0 Å². The van der Waals surface area contributed by atoms with Crippen LogP contribution in [0.5, 0.6) is 5.75 Å². The van der Waals surface area contributed by atoms with Gasteiger partial charge in [0.05, 0.1) is 18.3 Å². The third-order valence-corrected chi connectivity index (χ3v) is 2.60. The van der Waals surface area contributed by atoms with Gasteiger partial charge in [0.1, 0.15) is 5.75 Å². The molecule has 0 aliphatic carbocycles. The molecule has 0 saturated heterocycles. The second-order valence-electron chi connectivity index (χ2n) is 4.02. The fraction of sp³-hybridized carbons (Fsp3) is 0.417. The van der Waals surface area contributed by atoms with Gasteiger partial charge in [0, 0.05) is 0 Å². The molecule has 1 aromatic carbocycles. The topological polar surface area (TPSA) is 64.4 Å². The van der Waals surface area contributed by atoms with E-state index in [0.717, 1.165) is 29.8 Å². The highest BCUT2D eigenvalue weighted by molar-refractivity contribution is 5.95. The first-order valence-electron chi connectivity index (χ1n) is 5.49. The van der Waals surface area contributed by atoms with Crippen molar-refractivity contribution in [2.75, 3.05) is 11.9 Å². The molecule has 0 aromatic heterocycles. The second-order valence-corrected chi connectivity index (χ2v) is 4.02. The maximum Gasteiger partial charge on any atom is 0.241 e. The van der Waals surface area contributed by atoms with Gasteiger partial charge in [-0.2, -0.15) is 0 Å². The highest BCUT2D eigenvalue weighted by atomic mass is 35.5. The smallest absolute Gasteiger partial charge is 0.241 e. The van der Waals surface area contributed by atoms with Gasteiger partial charge < -0.3 is 15.8 Å². The number of nitrogens with two attached hydrogens (primary N) is 1.